The second kappa shape index (κ2) is 10.2. The first-order valence-electron chi connectivity index (χ1n) is 12.7. The zero-order chi connectivity index (χ0) is 27.5. The molecule has 12 heteroatoms. The Labute approximate surface area is 218 Å². The zero-order valence-corrected chi connectivity index (χ0v) is 21.2. The van der Waals surface area contributed by atoms with Crippen molar-refractivity contribution in [3.63, 3.8) is 0 Å². The number of hydrogen-bond donors (Lipinski definition) is 5. The molecule has 0 radical (unpaired) electrons. The van der Waals surface area contributed by atoms with Crippen LogP contribution in [-0.4, -0.2) is 79.5 Å². The number of anilines is 1. The lowest BCUT2D eigenvalue weighted by Crippen LogP contribution is -2.59. The van der Waals surface area contributed by atoms with Crippen molar-refractivity contribution in [2.24, 2.45) is 18.9 Å². The highest BCUT2D eigenvalue weighted by Gasteiger charge is 2.56. The van der Waals surface area contributed by atoms with E-state index in [0.717, 1.165) is 11.1 Å². The highest BCUT2D eigenvalue weighted by molar-refractivity contribution is 6.05. The van der Waals surface area contributed by atoms with Crippen LogP contribution in [0.1, 0.15) is 65.7 Å². The highest BCUT2D eigenvalue weighted by atomic mass is 19.3. The summed E-state index contributed by atoms with van der Waals surface area (Å²) in [7, 11) is 1.47. The standard InChI is InChI=1S/C26H33F2N3O7/c1-10(2)17-12-7-15(37-26-23(35)22(34)21(33)16(9-32)38-26)19(17)18-11(12)5-4-6-14(18)29-25(36)13-8-31(3)30-20(13)24(27)28/h4-6,8,10,12,15-17,19,21-24,26,32-35H,7,9H2,1-3H3,(H,29,36)/t12?,15?,16-,17?,19?,21-,22+,23-,26-/m1/s1. The summed E-state index contributed by atoms with van der Waals surface area (Å²) in [5.74, 6) is -0.475. The van der Waals surface area contributed by atoms with Crippen LogP contribution >= 0.6 is 0 Å². The van der Waals surface area contributed by atoms with E-state index in [1.165, 1.54) is 17.9 Å². The molecule has 1 amide bonds. The van der Waals surface area contributed by atoms with Gasteiger partial charge in [0, 0.05) is 24.8 Å². The zero-order valence-electron chi connectivity index (χ0n) is 21.2. The van der Waals surface area contributed by atoms with Crippen LogP contribution in [0.2, 0.25) is 0 Å². The molecule has 208 valence electrons. The Morgan fingerprint density at radius 1 is 1.24 bits per heavy atom. The minimum atomic E-state index is -2.91. The third kappa shape index (κ3) is 4.42. The van der Waals surface area contributed by atoms with Gasteiger partial charge >= 0.3 is 0 Å². The summed E-state index contributed by atoms with van der Waals surface area (Å²) in [5, 5.41) is 46.9. The molecule has 1 aliphatic heterocycles. The molecule has 4 unspecified atom stereocenters. The van der Waals surface area contributed by atoms with Crippen LogP contribution in [0.5, 0.6) is 0 Å². The van der Waals surface area contributed by atoms with Crippen LogP contribution < -0.4 is 5.32 Å². The summed E-state index contributed by atoms with van der Waals surface area (Å²) in [6.45, 7) is 3.62. The fourth-order valence-electron chi connectivity index (χ4n) is 6.56. The predicted molar refractivity (Wildman–Crippen MR) is 130 cm³/mol. The van der Waals surface area contributed by atoms with E-state index in [1.54, 1.807) is 6.07 Å². The second-order valence-corrected chi connectivity index (χ2v) is 10.7. The van der Waals surface area contributed by atoms with Crippen LogP contribution in [-0.2, 0) is 16.5 Å². The van der Waals surface area contributed by atoms with E-state index in [0.29, 0.717) is 12.1 Å². The number of alkyl halides is 2. The summed E-state index contributed by atoms with van der Waals surface area (Å²) in [5.41, 5.74) is 1.56. The molecule has 1 aromatic heterocycles. The van der Waals surface area contributed by atoms with Crippen LogP contribution in [0.25, 0.3) is 0 Å². The number of halogens is 2. The number of hydrogen-bond acceptors (Lipinski definition) is 8. The molecule has 2 aromatic rings. The van der Waals surface area contributed by atoms with E-state index in [-0.39, 0.29) is 29.2 Å². The SMILES string of the molecule is CC(C)C1C2CC(O[C@@H]3O[C@H](CO)[C@@H](O)[C@H](O)[C@H]3O)C1c1c(NC(=O)c3cn(C)nc3C(F)F)cccc12. The number of fused-ring (bicyclic) bond motifs is 5. The van der Waals surface area contributed by atoms with E-state index < -0.39 is 61.4 Å². The van der Waals surface area contributed by atoms with Gasteiger partial charge in [0.2, 0.25) is 0 Å². The van der Waals surface area contributed by atoms with E-state index in [2.05, 4.69) is 24.3 Å². The number of aliphatic hydroxyl groups excluding tert-OH is 4. The molecular weight excluding hydrogens is 504 g/mol. The fraction of sp³-hybridized carbons (Fsp3) is 0.615. The number of nitrogens with one attached hydrogen (secondary N) is 1. The van der Waals surface area contributed by atoms with Crippen LogP contribution in [0.15, 0.2) is 24.4 Å². The molecule has 2 aliphatic carbocycles. The lowest BCUT2D eigenvalue weighted by Gasteiger charge is -2.41. The minimum absolute atomic E-state index is 0.0803. The molecule has 2 heterocycles. The van der Waals surface area contributed by atoms with Gasteiger partial charge in [-0.05, 0) is 41.4 Å². The molecule has 5 N–H and O–H groups in total. The molecule has 1 saturated heterocycles. The topological polar surface area (TPSA) is 146 Å². The van der Waals surface area contributed by atoms with Crippen molar-refractivity contribution in [3.8, 4) is 0 Å². The summed E-state index contributed by atoms with van der Waals surface area (Å²) < 4.78 is 39.9. The normalized spacial score (nSPS) is 34.2. The Kier molecular flexibility index (Phi) is 7.31. The molecule has 5 rings (SSSR count). The fourth-order valence-corrected chi connectivity index (χ4v) is 6.56. The first kappa shape index (κ1) is 27.1. The first-order chi connectivity index (χ1) is 18.0. The molecule has 10 nitrogen and oxygen atoms in total. The Bertz CT molecular complexity index is 1190. The molecule has 2 bridgehead atoms. The van der Waals surface area contributed by atoms with Crippen LogP contribution in [0, 0.1) is 11.8 Å². The molecule has 1 aromatic carbocycles. The van der Waals surface area contributed by atoms with Crippen molar-refractivity contribution in [1.82, 2.24) is 9.78 Å². The number of aryl methyl sites for hydroxylation is 1. The van der Waals surface area contributed by atoms with Crippen LogP contribution in [0.3, 0.4) is 0 Å². The van der Waals surface area contributed by atoms with Gasteiger partial charge in [-0.15, -0.1) is 0 Å². The maximum atomic E-state index is 13.5. The quantitative estimate of drug-likeness (QED) is 0.358. The average Bonchev–Trinajstić information content (AvgIpc) is 3.54. The van der Waals surface area contributed by atoms with Gasteiger partial charge < -0.3 is 35.2 Å². The Hall–Kier alpha value is -2.48. The number of aliphatic hydroxyl groups is 4. The second-order valence-electron chi connectivity index (χ2n) is 10.7. The summed E-state index contributed by atoms with van der Waals surface area (Å²) in [6, 6.07) is 5.53. The maximum absolute atomic E-state index is 13.5. The van der Waals surface area contributed by atoms with E-state index in [1.807, 2.05) is 12.1 Å². The number of nitrogens with zero attached hydrogens (tertiary/aromatic N) is 2. The van der Waals surface area contributed by atoms with Gasteiger partial charge in [-0.2, -0.15) is 5.10 Å². The van der Waals surface area contributed by atoms with Gasteiger partial charge in [0.1, 0.15) is 30.1 Å². The number of benzene rings is 1. The van der Waals surface area contributed by atoms with Gasteiger partial charge in [0.05, 0.1) is 18.3 Å². The van der Waals surface area contributed by atoms with E-state index >= 15 is 0 Å². The third-order valence-corrected chi connectivity index (χ3v) is 8.12. The molecule has 0 spiro atoms. The molecule has 1 saturated carbocycles. The maximum Gasteiger partial charge on any atom is 0.282 e. The Morgan fingerprint density at radius 2 is 1.97 bits per heavy atom. The van der Waals surface area contributed by atoms with E-state index in [4.69, 9.17) is 9.47 Å². The predicted octanol–water partition coefficient (Wildman–Crippen LogP) is 1.65. The minimum Gasteiger partial charge on any atom is -0.394 e. The van der Waals surface area contributed by atoms with Crippen molar-refractivity contribution in [2.45, 2.75) is 75.3 Å². The molecule has 2 fully saturated rings. The van der Waals surface area contributed by atoms with Crippen molar-refractivity contribution in [2.75, 3.05) is 11.9 Å². The lowest BCUT2D eigenvalue weighted by atomic mass is 9.84. The monoisotopic (exact) mass is 537 g/mol. The van der Waals surface area contributed by atoms with Crippen molar-refractivity contribution >= 4 is 11.6 Å². The smallest absolute Gasteiger partial charge is 0.282 e. The first-order valence-corrected chi connectivity index (χ1v) is 12.7. The molecule has 9 atom stereocenters. The molecular formula is C26H33F2N3O7. The van der Waals surface area contributed by atoms with Gasteiger partial charge in [0.25, 0.3) is 12.3 Å². The number of carbonyl (C=O) groups excluding carboxylic acids is 1. The molecule has 3 aliphatic rings. The highest BCUT2D eigenvalue weighted by Crippen LogP contribution is 2.62. The van der Waals surface area contributed by atoms with E-state index in [9.17, 15) is 34.0 Å². The number of ether oxygens (including phenoxy) is 2. The Morgan fingerprint density at radius 3 is 2.63 bits per heavy atom. The lowest BCUT2D eigenvalue weighted by molar-refractivity contribution is -0.312. The van der Waals surface area contributed by atoms with Gasteiger partial charge in [0.15, 0.2) is 6.29 Å². The number of carbonyl (C=O) groups is 1. The van der Waals surface area contributed by atoms with Crippen LogP contribution in [0.4, 0.5) is 14.5 Å². The van der Waals surface area contributed by atoms with Gasteiger partial charge in [-0.3, -0.25) is 9.48 Å². The van der Waals surface area contributed by atoms with Crippen molar-refractivity contribution < 1.29 is 43.5 Å². The summed E-state index contributed by atoms with van der Waals surface area (Å²) >= 11 is 0. The Balaban J connectivity index is 1.45. The average molecular weight is 538 g/mol. The summed E-state index contributed by atoms with van der Waals surface area (Å²) in [6.07, 6.45) is -8.47. The number of aromatic nitrogens is 2. The third-order valence-electron chi connectivity index (χ3n) is 8.12. The van der Waals surface area contributed by atoms with Crippen molar-refractivity contribution in [3.05, 3.63) is 46.8 Å². The van der Waals surface area contributed by atoms with Gasteiger partial charge in [-0.25, -0.2) is 8.78 Å². The van der Waals surface area contributed by atoms with Gasteiger partial charge in [-0.1, -0.05) is 26.0 Å². The van der Waals surface area contributed by atoms with Crippen molar-refractivity contribution in [1.29, 1.82) is 0 Å². The largest absolute Gasteiger partial charge is 0.394 e. The number of rotatable bonds is 7. The molecule has 38 heavy (non-hydrogen) atoms. The summed E-state index contributed by atoms with van der Waals surface area (Å²) in [4.78, 5) is 13.1. The number of amides is 1.